The molecule has 0 bridgehead atoms. The highest BCUT2D eigenvalue weighted by molar-refractivity contribution is 7.10. The number of rotatable bonds is 4. The van der Waals surface area contributed by atoms with Gasteiger partial charge in [-0.3, -0.25) is 4.79 Å². The zero-order valence-corrected chi connectivity index (χ0v) is 13.5. The third kappa shape index (κ3) is 3.51. The minimum absolute atomic E-state index is 0.0552. The Kier molecular flexibility index (Phi) is 5.02. The lowest BCUT2D eigenvalue weighted by molar-refractivity contribution is -0.127. The number of aromatic nitrogens is 1. The lowest BCUT2D eigenvalue weighted by atomic mass is 10.2. The number of thiazole rings is 1. The maximum atomic E-state index is 11.2. The van der Waals surface area contributed by atoms with Crippen LogP contribution in [0.4, 0.5) is 0 Å². The SMILES string of the molecule is CC(=O)N(C)CCc1nc(-c2cccc(Cl)c2Cl)cs1. The molecular formula is C14H14Cl2N2OS. The van der Waals surface area contributed by atoms with E-state index >= 15 is 0 Å². The summed E-state index contributed by atoms with van der Waals surface area (Å²) in [6.07, 6.45) is 0.735. The summed E-state index contributed by atoms with van der Waals surface area (Å²) >= 11 is 13.8. The van der Waals surface area contributed by atoms with Crippen LogP contribution in [-0.2, 0) is 11.2 Å². The minimum atomic E-state index is 0.0552. The third-order valence-corrected chi connectivity index (χ3v) is 4.71. The number of amides is 1. The summed E-state index contributed by atoms with van der Waals surface area (Å²) in [6.45, 7) is 2.21. The number of halogens is 2. The van der Waals surface area contributed by atoms with Crippen LogP contribution < -0.4 is 0 Å². The number of carbonyl (C=O) groups is 1. The van der Waals surface area contributed by atoms with Gasteiger partial charge in [-0.1, -0.05) is 35.3 Å². The molecule has 0 saturated heterocycles. The average molecular weight is 329 g/mol. The lowest BCUT2D eigenvalue weighted by Gasteiger charge is -2.12. The molecule has 6 heteroatoms. The zero-order chi connectivity index (χ0) is 14.7. The Morgan fingerprint density at radius 3 is 2.85 bits per heavy atom. The van der Waals surface area contributed by atoms with Crippen LogP contribution in [-0.4, -0.2) is 29.4 Å². The first kappa shape index (κ1) is 15.3. The van der Waals surface area contributed by atoms with E-state index in [4.69, 9.17) is 23.2 Å². The van der Waals surface area contributed by atoms with Crippen LogP contribution in [0.25, 0.3) is 11.3 Å². The fraction of sp³-hybridized carbons (Fsp3) is 0.286. The molecule has 1 heterocycles. The molecular weight excluding hydrogens is 315 g/mol. The number of likely N-dealkylation sites (N-methyl/N-ethyl adjacent to an activating group) is 1. The molecule has 1 aromatic carbocycles. The van der Waals surface area contributed by atoms with Crippen molar-refractivity contribution < 1.29 is 4.79 Å². The number of hydrogen-bond donors (Lipinski definition) is 0. The van der Waals surface area contributed by atoms with Gasteiger partial charge in [0.2, 0.25) is 5.91 Å². The zero-order valence-electron chi connectivity index (χ0n) is 11.2. The van der Waals surface area contributed by atoms with Crippen molar-refractivity contribution in [3.8, 4) is 11.3 Å². The summed E-state index contributed by atoms with van der Waals surface area (Å²) in [4.78, 5) is 17.4. The fourth-order valence-electron chi connectivity index (χ4n) is 1.67. The van der Waals surface area contributed by atoms with Gasteiger partial charge in [-0.2, -0.15) is 0 Å². The van der Waals surface area contributed by atoms with Crippen molar-refractivity contribution in [2.24, 2.45) is 0 Å². The van der Waals surface area contributed by atoms with E-state index in [0.29, 0.717) is 16.6 Å². The summed E-state index contributed by atoms with van der Waals surface area (Å²) < 4.78 is 0. The van der Waals surface area contributed by atoms with E-state index in [1.165, 1.54) is 0 Å². The van der Waals surface area contributed by atoms with Crippen LogP contribution in [0.2, 0.25) is 10.0 Å². The number of nitrogens with zero attached hydrogens (tertiary/aromatic N) is 2. The standard InChI is InChI=1S/C14H14Cl2N2OS/c1-9(19)18(2)7-6-13-17-12(8-20-13)10-4-3-5-11(15)14(10)16/h3-5,8H,6-7H2,1-2H3. The second-order valence-corrected chi connectivity index (χ2v) is 6.15. The van der Waals surface area contributed by atoms with Gasteiger partial charge in [0.15, 0.2) is 0 Å². The van der Waals surface area contributed by atoms with Gasteiger partial charge in [-0.25, -0.2) is 4.98 Å². The largest absolute Gasteiger partial charge is 0.346 e. The summed E-state index contributed by atoms with van der Waals surface area (Å²) in [7, 11) is 1.78. The number of benzene rings is 1. The summed E-state index contributed by atoms with van der Waals surface area (Å²) in [5.41, 5.74) is 1.66. The molecule has 0 aliphatic rings. The Labute approximate surface area is 132 Å². The maximum absolute atomic E-state index is 11.2. The van der Waals surface area contributed by atoms with Crippen LogP contribution in [0.15, 0.2) is 23.6 Å². The van der Waals surface area contributed by atoms with Crippen molar-refractivity contribution >= 4 is 40.4 Å². The topological polar surface area (TPSA) is 33.2 Å². The third-order valence-electron chi connectivity index (χ3n) is 2.98. The molecule has 0 N–H and O–H groups in total. The highest BCUT2D eigenvalue weighted by Crippen LogP contribution is 2.33. The van der Waals surface area contributed by atoms with Crippen molar-refractivity contribution in [3.63, 3.8) is 0 Å². The highest BCUT2D eigenvalue weighted by Gasteiger charge is 2.11. The molecule has 0 unspecified atom stereocenters. The van der Waals surface area contributed by atoms with Crippen molar-refractivity contribution in [2.45, 2.75) is 13.3 Å². The molecule has 0 radical (unpaired) electrons. The monoisotopic (exact) mass is 328 g/mol. The molecule has 0 spiro atoms. The molecule has 0 fully saturated rings. The van der Waals surface area contributed by atoms with E-state index in [-0.39, 0.29) is 5.91 Å². The van der Waals surface area contributed by atoms with Gasteiger partial charge in [0.05, 0.1) is 20.7 Å². The van der Waals surface area contributed by atoms with Crippen molar-refractivity contribution in [3.05, 3.63) is 38.6 Å². The van der Waals surface area contributed by atoms with Crippen molar-refractivity contribution in [1.82, 2.24) is 9.88 Å². The Morgan fingerprint density at radius 2 is 2.15 bits per heavy atom. The molecule has 2 rings (SSSR count). The Morgan fingerprint density at radius 1 is 1.40 bits per heavy atom. The smallest absolute Gasteiger partial charge is 0.219 e. The molecule has 1 aromatic heterocycles. The Balaban J connectivity index is 2.13. The average Bonchev–Trinajstić information content (AvgIpc) is 2.87. The van der Waals surface area contributed by atoms with Crippen LogP contribution in [0.1, 0.15) is 11.9 Å². The van der Waals surface area contributed by atoms with Gasteiger partial charge in [0.25, 0.3) is 0 Å². The highest BCUT2D eigenvalue weighted by atomic mass is 35.5. The van der Waals surface area contributed by atoms with E-state index in [1.54, 1.807) is 36.3 Å². The molecule has 106 valence electrons. The first-order valence-electron chi connectivity index (χ1n) is 6.09. The predicted octanol–water partition coefficient (Wildman–Crippen LogP) is 4.14. The van der Waals surface area contributed by atoms with Gasteiger partial charge in [0.1, 0.15) is 0 Å². The van der Waals surface area contributed by atoms with E-state index in [9.17, 15) is 4.79 Å². The van der Waals surface area contributed by atoms with E-state index in [2.05, 4.69) is 4.98 Å². The second-order valence-electron chi connectivity index (χ2n) is 4.42. The van der Waals surface area contributed by atoms with Crippen molar-refractivity contribution in [1.29, 1.82) is 0 Å². The molecule has 3 nitrogen and oxygen atoms in total. The molecule has 20 heavy (non-hydrogen) atoms. The summed E-state index contributed by atoms with van der Waals surface area (Å²) in [6, 6.07) is 5.50. The van der Waals surface area contributed by atoms with Gasteiger partial charge in [-0.05, 0) is 6.07 Å². The molecule has 0 aliphatic carbocycles. The molecule has 0 saturated carbocycles. The summed E-state index contributed by atoms with van der Waals surface area (Å²) in [5, 5.41) is 3.98. The summed E-state index contributed by atoms with van der Waals surface area (Å²) in [5.74, 6) is 0.0552. The van der Waals surface area contributed by atoms with Gasteiger partial charge >= 0.3 is 0 Å². The van der Waals surface area contributed by atoms with Crippen LogP contribution in [0.3, 0.4) is 0 Å². The predicted molar refractivity (Wildman–Crippen MR) is 84.6 cm³/mol. The van der Waals surface area contributed by atoms with E-state index < -0.39 is 0 Å². The fourth-order valence-corrected chi connectivity index (χ4v) is 2.86. The normalized spacial score (nSPS) is 10.6. The van der Waals surface area contributed by atoms with Gasteiger partial charge in [-0.15, -0.1) is 11.3 Å². The first-order chi connectivity index (χ1) is 9.49. The molecule has 1 amide bonds. The Bertz CT molecular complexity index is 627. The minimum Gasteiger partial charge on any atom is -0.346 e. The quantitative estimate of drug-likeness (QED) is 0.845. The molecule has 2 aromatic rings. The maximum Gasteiger partial charge on any atom is 0.219 e. The van der Waals surface area contributed by atoms with Crippen LogP contribution in [0, 0.1) is 0 Å². The first-order valence-corrected chi connectivity index (χ1v) is 7.73. The van der Waals surface area contributed by atoms with Gasteiger partial charge < -0.3 is 4.90 Å². The van der Waals surface area contributed by atoms with Gasteiger partial charge in [0, 0.05) is 37.9 Å². The van der Waals surface area contributed by atoms with Crippen LogP contribution in [0.5, 0.6) is 0 Å². The van der Waals surface area contributed by atoms with Crippen LogP contribution >= 0.6 is 34.5 Å². The Hall–Kier alpha value is -1.10. The number of carbonyl (C=O) groups excluding carboxylic acids is 1. The lowest BCUT2D eigenvalue weighted by Crippen LogP contribution is -2.26. The molecule has 0 atom stereocenters. The van der Waals surface area contributed by atoms with Crippen molar-refractivity contribution in [2.75, 3.05) is 13.6 Å². The van der Waals surface area contributed by atoms with E-state index in [1.807, 2.05) is 17.5 Å². The second kappa shape index (κ2) is 6.57. The number of hydrogen-bond acceptors (Lipinski definition) is 3. The van der Waals surface area contributed by atoms with E-state index in [0.717, 1.165) is 22.7 Å². The molecule has 0 aliphatic heterocycles.